The summed E-state index contributed by atoms with van der Waals surface area (Å²) < 4.78 is 64.4. The zero-order chi connectivity index (χ0) is 38.7. The first kappa shape index (κ1) is 22.0. The lowest BCUT2D eigenvalue weighted by atomic mass is 10.0. The third-order valence-electron chi connectivity index (χ3n) is 8.50. The van der Waals surface area contributed by atoms with Crippen LogP contribution in [-0.4, -0.2) is 19.5 Å². The predicted molar refractivity (Wildman–Crippen MR) is 201 cm³/mol. The minimum Gasteiger partial charge on any atom is -0.309 e. The number of benzene rings is 7. The lowest BCUT2D eigenvalue weighted by Crippen LogP contribution is -2.00. The smallest absolute Gasteiger partial charge is 0.164 e. The lowest BCUT2D eigenvalue weighted by molar-refractivity contribution is 1.07. The SMILES string of the molecule is [2H]c1c([2H])c([2H])c2c(c1[2H])c1c([2H])c([2H])c(-c3cccc(-c4nc(-c5ccccc5)nc(-c5ccc(-c6ccccc6)cc5)n4)c3)c([2H])c1n2-c1ccccc1. The minimum absolute atomic E-state index is 0.0881. The molecule has 0 aliphatic heterocycles. The summed E-state index contributed by atoms with van der Waals surface area (Å²) in [5.74, 6) is 1.34. The first-order chi connectivity index (χ1) is 27.2. The van der Waals surface area contributed by atoms with Crippen LogP contribution < -0.4 is 0 Å². The quantitative estimate of drug-likeness (QED) is 0.183. The van der Waals surface area contributed by atoms with Crippen molar-refractivity contribution in [2.45, 2.75) is 0 Å². The van der Waals surface area contributed by atoms with Gasteiger partial charge in [-0.2, -0.15) is 0 Å². The highest BCUT2D eigenvalue weighted by molar-refractivity contribution is 6.10. The standard InChI is InChI=1S/C45H30N4/c1-4-13-31(14-5-1)32-23-25-34(26-24-32)44-46-43(33-15-6-2-7-16-33)47-45(48-44)37-18-12-17-35(29-37)36-27-28-40-39-21-10-11-22-41(39)49(42(40)30-36)38-19-8-3-9-20-38/h1-30H/i10D,11D,21D,22D,27D,28D,30D. The fourth-order valence-corrected chi connectivity index (χ4v) is 6.10. The van der Waals surface area contributed by atoms with E-state index in [4.69, 9.17) is 20.4 Å². The van der Waals surface area contributed by atoms with E-state index in [-0.39, 0.29) is 57.6 Å². The van der Waals surface area contributed by atoms with E-state index in [2.05, 4.69) is 12.1 Å². The summed E-state index contributed by atoms with van der Waals surface area (Å²) in [6.45, 7) is 0. The molecule has 0 saturated heterocycles. The maximum Gasteiger partial charge on any atom is 0.164 e. The number of rotatable bonds is 6. The van der Waals surface area contributed by atoms with E-state index in [1.807, 2.05) is 84.9 Å². The molecule has 0 unspecified atom stereocenters. The molecule has 4 heteroatoms. The highest BCUT2D eigenvalue weighted by Crippen LogP contribution is 2.36. The normalized spacial score (nSPS) is 13.3. The molecule has 0 aliphatic rings. The highest BCUT2D eigenvalue weighted by Gasteiger charge is 2.15. The van der Waals surface area contributed by atoms with Crippen LogP contribution in [0.15, 0.2) is 182 Å². The second-order valence-corrected chi connectivity index (χ2v) is 11.6. The molecule has 0 spiro atoms. The Labute approximate surface area is 294 Å². The van der Waals surface area contributed by atoms with Crippen molar-refractivity contribution < 1.29 is 9.60 Å². The van der Waals surface area contributed by atoms with Gasteiger partial charge in [0.2, 0.25) is 0 Å². The maximum atomic E-state index is 9.65. The number of para-hydroxylation sites is 2. The van der Waals surface area contributed by atoms with E-state index in [0.29, 0.717) is 34.3 Å². The van der Waals surface area contributed by atoms with Crippen molar-refractivity contribution in [2.75, 3.05) is 0 Å². The second kappa shape index (κ2) is 12.2. The molecular formula is C45H30N4. The summed E-state index contributed by atoms with van der Waals surface area (Å²) >= 11 is 0. The average Bonchev–Trinajstić information content (AvgIpc) is 3.62. The Kier molecular flexibility index (Phi) is 5.47. The topological polar surface area (TPSA) is 43.6 Å². The Hall–Kier alpha value is -6.65. The van der Waals surface area contributed by atoms with Crippen molar-refractivity contribution in [3.05, 3.63) is 182 Å². The zero-order valence-corrected chi connectivity index (χ0v) is 26.1. The summed E-state index contributed by atoms with van der Waals surface area (Å²) in [6.07, 6.45) is 0. The minimum atomic E-state index is -0.442. The van der Waals surface area contributed by atoms with Crippen molar-refractivity contribution in [1.82, 2.24) is 19.5 Å². The van der Waals surface area contributed by atoms with Crippen molar-refractivity contribution in [3.8, 4) is 62.1 Å². The first-order valence-corrected chi connectivity index (χ1v) is 15.9. The molecule has 0 amide bonds. The van der Waals surface area contributed by atoms with E-state index in [1.165, 1.54) is 0 Å². The van der Waals surface area contributed by atoms with Crippen LogP contribution in [0.3, 0.4) is 0 Å². The molecule has 0 aliphatic carbocycles. The molecule has 9 rings (SSSR count). The predicted octanol–water partition coefficient (Wildman–Crippen LogP) is 11.3. The van der Waals surface area contributed by atoms with Gasteiger partial charge in [-0.1, -0.05) is 152 Å². The van der Waals surface area contributed by atoms with Crippen LogP contribution >= 0.6 is 0 Å². The van der Waals surface area contributed by atoms with Crippen LogP contribution in [0, 0.1) is 0 Å². The maximum absolute atomic E-state index is 9.65. The molecule has 4 nitrogen and oxygen atoms in total. The van der Waals surface area contributed by atoms with Gasteiger partial charge in [-0.25, -0.2) is 15.0 Å². The lowest BCUT2D eigenvalue weighted by Gasteiger charge is -2.11. The summed E-state index contributed by atoms with van der Waals surface area (Å²) in [4.78, 5) is 14.7. The van der Waals surface area contributed by atoms with Crippen LogP contribution in [0.5, 0.6) is 0 Å². The molecule has 0 N–H and O–H groups in total. The molecule has 0 fully saturated rings. The number of hydrogen-bond donors (Lipinski definition) is 0. The summed E-state index contributed by atoms with van der Waals surface area (Å²) in [5, 5.41) is 0.226. The molecule has 2 heterocycles. The average molecular weight is 634 g/mol. The van der Waals surface area contributed by atoms with Crippen LogP contribution in [0.4, 0.5) is 0 Å². The van der Waals surface area contributed by atoms with Gasteiger partial charge in [0.1, 0.15) is 0 Å². The number of hydrogen-bond acceptors (Lipinski definition) is 3. The molecule has 230 valence electrons. The van der Waals surface area contributed by atoms with Gasteiger partial charge in [0.05, 0.1) is 20.6 Å². The van der Waals surface area contributed by atoms with E-state index < -0.39 is 12.1 Å². The van der Waals surface area contributed by atoms with Crippen LogP contribution in [-0.2, 0) is 0 Å². The Morgan fingerprint density at radius 1 is 0.388 bits per heavy atom. The van der Waals surface area contributed by atoms with Gasteiger partial charge in [0, 0.05) is 33.2 Å². The Morgan fingerprint density at radius 2 is 0.898 bits per heavy atom. The largest absolute Gasteiger partial charge is 0.309 e. The number of nitrogens with zero attached hydrogens (tertiary/aromatic N) is 4. The Morgan fingerprint density at radius 3 is 1.61 bits per heavy atom. The summed E-state index contributed by atoms with van der Waals surface area (Å²) in [6, 6.07) is 42.0. The third-order valence-corrected chi connectivity index (χ3v) is 8.50. The number of fused-ring (bicyclic) bond motifs is 3. The van der Waals surface area contributed by atoms with E-state index in [0.717, 1.165) is 22.3 Å². The molecule has 7 aromatic carbocycles. The monoisotopic (exact) mass is 633 g/mol. The van der Waals surface area contributed by atoms with E-state index >= 15 is 0 Å². The van der Waals surface area contributed by atoms with Gasteiger partial charge >= 0.3 is 0 Å². The molecular weight excluding hydrogens is 597 g/mol. The molecule has 49 heavy (non-hydrogen) atoms. The zero-order valence-electron chi connectivity index (χ0n) is 33.1. The van der Waals surface area contributed by atoms with Crippen molar-refractivity contribution >= 4 is 21.8 Å². The second-order valence-electron chi connectivity index (χ2n) is 11.6. The van der Waals surface area contributed by atoms with Crippen LogP contribution in [0.25, 0.3) is 83.9 Å². The molecule has 0 saturated carbocycles. The number of aromatic nitrogens is 4. The molecule has 0 bridgehead atoms. The molecule has 2 aromatic heterocycles. The fraction of sp³-hybridized carbons (Fsp3) is 0. The summed E-state index contributed by atoms with van der Waals surface area (Å²) in [7, 11) is 0. The van der Waals surface area contributed by atoms with E-state index in [9.17, 15) is 4.11 Å². The van der Waals surface area contributed by atoms with Gasteiger partial charge < -0.3 is 4.57 Å². The Bertz CT molecular complexity index is 2970. The van der Waals surface area contributed by atoms with Crippen molar-refractivity contribution in [1.29, 1.82) is 0 Å². The Balaban J connectivity index is 1.25. The van der Waals surface area contributed by atoms with Crippen molar-refractivity contribution in [3.63, 3.8) is 0 Å². The van der Waals surface area contributed by atoms with Gasteiger partial charge in [0.15, 0.2) is 17.5 Å². The van der Waals surface area contributed by atoms with Gasteiger partial charge in [-0.15, -0.1) is 0 Å². The van der Waals surface area contributed by atoms with Gasteiger partial charge in [-0.3, -0.25) is 0 Å². The summed E-state index contributed by atoms with van der Waals surface area (Å²) in [5.41, 5.74) is 5.96. The van der Waals surface area contributed by atoms with E-state index in [1.54, 1.807) is 47.0 Å². The van der Waals surface area contributed by atoms with Crippen LogP contribution in [0.1, 0.15) is 9.60 Å². The first-order valence-electron chi connectivity index (χ1n) is 19.4. The molecule has 0 radical (unpaired) electrons. The molecule has 9 aromatic rings. The molecule has 0 atom stereocenters. The van der Waals surface area contributed by atoms with Gasteiger partial charge in [0.25, 0.3) is 0 Å². The van der Waals surface area contributed by atoms with Gasteiger partial charge in [-0.05, 0) is 52.5 Å². The van der Waals surface area contributed by atoms with Crippen molar-refractivity contribution in [2.24, 2.45) is 0 Å². The van der Waals surface area contributed by atoms with Crippen LogP contribution in [0.2, 0.25) is 0 Å². The third kappa shape index (κ3) is 5.35. The highest BCUT2D eigenvalue weighted by atomic mass is 15.0. The fourth-order valence-electron chi connectivity index (χ4n) is 6.10.